The molecule has 1 aliphatic carbocycles. The van der Waals surface area contributed by atoms with Gasteiger partial charge in [-0.1, -0.05) is 23.2 Å². The topological polar surface area (TPSA) is 32.3 Å². The molecular formula is C12H15Cl2NO. The summed E-state index contributed by atoms with van der Waals surface area (Å²) in [5, 5.41) is 14.1. The van der Waals surface area contributed by atoms with Crippen LogP contribution >= 0.6 is 23.2 Å². The zero-order chi connectivity index (χ0) is 11.7. The summed E-state index contributed by atoms with van der Waals surface area (Å²) < 4.78 is 0. The molecule has 2 nitrogen and oxygen atoms in total. The van der Waals surface area contributed by atoms with Crippen LogP contribution in [0.15, 0.2) is 18.2 Å². The summed E-state index contributed by atoms with van der Waals surface area (Å²) >= 11 is 12.1. The maximum absolute atomic E-state index is 9.21. The highest BCUT2D eigenvalue weighted by Crippen LogP contribution is 2.29. The molecule has 0 amide bonds. The number of aliphatic hydroxyl groups excluding tert-OH is 1. The normalized spacial score (nSPS) is 26.2. The van der Waals surface area contributed by atoms with Gasteiger partial charge < -0.3 is 10.4 Å². The van der Waals surface area contributed by atoms with Crippen molar-refractivity contribution in [1.29, 1.82) is 0 Å². The molecule has 2 N–H and O–H groups in total. The molecule has 0 aliphatic heterocycles. The third kappa shape index (κ3) is 2.69. The lowest BCUT2D eigenvalue weighted by Crippen LogP contribution is -2.45. The molecule has 0 aromatic heterocycles. The van der Waals surface area contributed by atoms with E-state index in [1.165, 1.54) is 0 Å². The molecule has 1 fully saturated rings. The van der Waals surface area contributed by atoms with Gasteiger partial charge in [0.1, 0.15) is 0 Å². The number of hydrogen-bond acceptors (Lipinski definition) is 2. The van der Waals surface area contributed by atoms with Crippen molar-refractivity contribution in [2.24, 2.45) is 0 Å². The molecule has 1 unspecified atom stereocenters. The zero-order valence-electron chi connectivity index (χ0n) is 9.08. The van der Waals surface area contributed by atoms with Crippen molar-refractivity contribution in [2.75, 3.05) is 0 Å². The second-order valence-electron chi connectivity index (χ2n) is 4.38. The van der Waals surface area contributed by atoms with Gasteiger partial charge in [0.15, 0.2) is 0 Å². The van der Waals surface area contributed by atoms with E-state index in [-0.39, 0.29) is 12.1 Å². The van der Waals surface area contributed by atoms with Gasteiger partial charge in [-0.3, -0.25) is 0 Å². The average Bonchev–Trinajstić information content (AvgIpc) is 2.19. The fourth-order valence-electron chi connectivity index (χ4n) is 2.01. The third-order valence-corrected chi connectivity index (χ3v) is 3.60. The number of nitrogens with one attached hydrogen (secondary N) is 1. The minimum absolute atomic E-state index is 0.139. The van der Waals surface area contributed by atoms with E-state index < -0.39 is 0 Å². The Morgan fingerprint density at radius 1 is 1.38 bits per heavy atom. The minimum Gasteiger partial charge on any atom is -0.393 e. The van der Waals surface area contributed by atoms with Gasteiger partial charge in [-0.15, -0.1) is 0 Å². The van der Waals surface area contributed by atoms with E-state index in [1.54, 1.807) is 6.07 Å². The van der Waals surface area contributed by atoms with Crippen molar-refractivity contribution in [3.05, 3.63) is 33.8 Å². The molecule has 1 aliphatic rings. The summed E-state index contributed by atoms with van der Waals surface area (Å²) in [5.41, 5.74) is 1.01. The van der Waals surface area contributed by atoms with Crippen LogP contribution in [-0.4, -0.2) is 17.3 Å². The summed E-state index contributed by atoms with van der Waals surface area (Å²) in [5.74, 6) is 0. The van der Waals surface area contributed by atoms with Crippen LogP contribution < -0.4 is 5.32 Å². The first-order valence-electron chi connectivity index (χ1n) is 5.45. The van der Waals surface area contributed by atoms with Gasteiger partial charge in [-0.2, -0.15) is 0 Å². The molecule has 2 rings (SSSR count). The van der Waals surface area contributed by atoms with Gasteiger partial charge in [-0.05, 0) is 43.5 Å². The van der Waals surface area contributed by atoms with E-state index in [0.29, 0.717) is 11.1 Å². The quantitative estimate of drug-likeness (QED) is 0.874. The van der Waals surface area contributed by atoms with Gasteiger partial charge in [0.05, 0.1) is 6.10 Å². The van der Waals surface area contributed by atoms with Crippen LogP contribution in [0.3, 0.4) is 0 Å². The predicted octanol–water partition coefficient (Wildman–Crippen LogP) is 3.17. The maximum atomic E-state index is 9.21. The minimum atomic E-state index is -0.139. The van der Waals surface area contributed by atoms with E-state index >= 15 is 0 Å². The predicted molar refractivity (Wildman–Crippen MR) is 67.0 cm³/mol. The molecule has 1 atom stereocenters. The highest BCUT2D eigenvalue weighted by molar-refractivity contribution is 6.33. The SMILES string of the molecule is CC(NC1CC(O)C1)c1cc(Cl)ccc1Cl. The highest BCUT2D eigenvalue weighted by Gasteiger charge is 2.28. The summed E-state index contributed by atoms with van der Waals surface area (Å²) in [6, 6.07) is 6.03. The molecule has 16 heavy (non-hydrogen) atoms. The van der Waals surface area contributed by atoms with E-state index in [1.807, 2.05) is 12.1 Å². The number of halogens is 2. The summed E-state index contributed by atoms with van der Waals surface area (Å²) in [4.78, 5) is 0. The van der Waals surface area contributed by atoms with Gasteiger partial charge >= 0.3 is 0 Å². The van der Waals surface area contributed by atoms with E-state index in [0.717, 1.165) is 23.4 Å². The lowest BCUT2D eigenvalue weighted by Gasteiger charge is -2.34. The number of hydrogen-bond donors (Lipinski definition) is 2. The smallest absolute Gasteiger partial charge is 0.0570 e. The van der Waals surface area contributed by atoms with Crippen LogP contribution in [0.5, 0.6) is 0 Å². The Balaban J connectivity index is 2.02. The average molecular weight is 260 g/mol. The van der Waals surface area contributed by atoms with Crippen molar-refractivity contribution < 1.29 is 5.11 Å². The molecule has 1 aromatic rings. The highest BCUT2D eigenvalue weighted by atomic mass is 35.5. The molecular weight excluding hydrogens is 245 g/mol. The molecule has 1 saturated carbocycles. The fourth-order valence-corrected chi connectivity index (χ4v) is 2.48. The Kier molecular flexibility index (Phi) is 3.75. The van der Waals surface area contributed by atoms with Gasteiger partial charge in [0.2, 0.25) is 0 Å². The molecule has 0 heterocycles. The molecule has 4 heteroatoms. The first-order chi connectivity index (χ1) is 7.56. The number of rotatable bonds is 3. The zero-order valence-corrected chi connectivity index (χ0v) is 10.6. The monoisotopic (exact) mass is 259 g/mol. The van der Waals surface area contributed by atoms with Gasteiger partial charge in [-0.25, -0.2) is 0 Å². The van der Waals surface area contributed by atoms with Crippen molar-refractivity contribution in [3.8, 4) is 0 Å². The number of aliphatic hydroxyl groups is 1. The molecule has 88 valence electrons. The Morgan fingerprint density at radius 2 is 2.06 bits per heavy atom. The maximum Gasteiger partial charge on any atom is 0.0570 e. The molecule has 1 aromatic carbocycles. The van der Waals surface area contributed by atoms with E-state index in [2.05, 4.69) is 12.2 Å². The van der Waals surface area contributed by atoms with Crippen molar-refractivity contribution in [3.63, 3.8) is 0 Å². The fraction of sp³-hybridized carbons (Fsp3) is 0.500. The first kappa shape index (κ1) is 12.2. The molecule has 0 bridgehead atoms. The Hall–Kier alpha value is -0.280. The van der Waals surface area contributed by atoms with Crippen molar-refractivity contribution in [2.45, 2.75) is 38.0 Å². The third-order valence-electron chi connectivity index (χ3n) is 3.02. The van der Waals surface area contributed by atoms with Crippen LogP contribution in [-0.2, 0) is 0 Å². The first-order valence-corrected chi connectivity index (χ1v) is 6.21. The largest absolute Gasteiger partial charge is 0.393 e. The summed E-state index contributed by atoms with van der Waals surface area (Å²) in [7, 11) is 0. The molecule has 0 spiro atoms. The van der Waals surface area contributed by atoms with Crippen LogP contribution in [0.1, 0.15) is 31.4 Å². The van der Waals surface area contributed by atoms with Crippen LogP contribution in [0.25, 0.3) is 0 Å². The second-order valence-corrected chi connectivity index (χ2v) is 5.22. The van der Waals surface area contributed by atoms with Crippen LogP contribution in [0.4, 0.5) is 0 Å². The van der Waals surface area contributed by atoms with Crippen molar-refractivity contribution in [1.82, 2.24) is 5.32 Å². The van der Waals surface area contributed by atoms with E-state index in [4.69, 9.17) is 23.2 Å². The Labute approximate surface area is 106 Å². The van der Waals surface area contributed by atoms with Crippen LogP contribution in [0, 0.1) is 0 Å². The standard InChI is InChI=1S/C12H15Cl2NO/c1-7(15-9-5-10(16)6-9)11-4-8(13)2-3-12(11)14/h2-4,7,9-10,15-16H,5-6H2,1H3. The second kappa shape index (κ2) is 4.92. The van der Waals surface area contributed by atoms with Crippen LogP contribution in [0.2, 0.25) is 10.0 Å². The van der Waals surface area contributed by atoms with Crippen molar-refractivity contribution >= 4 is 23.2 Å². The summed E-state index contributed by atoms with van der Waals surface area (Å²) in [6.45, 7) is 2.06. The Morgan fingerprint density at radius 3 is 2.69 bits per heavy atom. The van der Waals surface area contributed by atoms with Gasteiger partial charge in [0, 0.05) is 22.1 Å². The lowest BCUT2D eigenvalue weighted by molar-refractivity contribution is 0.0586. The molecule has 0 saturated heterocycles. The summed E-state index contributed by atoms with van der Waals surface area (Å²) in [6.07, 6.45) is 1.50. The molecule has 0 radical (unpaired) electrons. The van der Waals surface area contributed by atoms with E-state index in [9.17, 15) is 5.11 Å². The number of benzene rings is 1. The Bertz CT molecular complexity index is 377. The lowest BCUT2D eigenvalue weighted by atomic mass is 9.88. The van der Waals surface area contributed by atoms with Gasteiger partial charge in [0.25, 0.3) is 0 Å².